The lowest BCUT2D eigenvalue weighted by Crippen LogP contribution is -2.17. The largest absolute Gasteiger partial charge is 0.489 e. The normalized spacial score (nSPS) is 24.8. The van der Waals surface area contributed by atoms with E-state index in [0.717, 1.165) is 30.6 Å². The number of hydrogen-bond acceptors (Lipinski definition) is 3. The zero-order valence-electron chi connectivity index (χ0n) is 16.7. The molecule has 150 valence electrons. The number of fused-ring (bicyclic) bond motifs is 3. The lowest BCUT2D eigenvalue weighted by atomic mass is 9.86. The third-order valence-electron chi connectivity index (χ3n) is 5.98. The zero-order valence-corrected chi connectivity index (χ0v) is 16.7. The maximum Gasteiger partial charge on any atom is 0.303 e. The van der Waals surface area contributed by atoms with Crippen molar-refractivity contribution in [2.45, 2.75) is 70.5 Å². The highest BCUT2D eigenvalue weighted by Gasteiger charge is 2.44. The molecule has 1 aromatic carbocycles. The van der Waals surface area contributed by atoms with Crippen LogP contribution in [0.15, 0.2) is 30.4 Å². The molecular weight excluding hydrogens is 352 g/mol. The highest BCUT2D eigenvalue weighted by Crippen LogP contribution is 2.51. The van der Waals surface area contributed by atoms with Crippen LogP contribution in [0, 0.1) is 23.7 Å². The molecule has 2 aliphatic rings. The summed E-state index contributed by atoms with van der Waals surface area (Å²) in [5, 5.41) is 19.3. The van der Waals surface area contributed by atoms with Crippen molar-refractivity contribution in [2.75, 3.05) is 0 Å². The summed E-state index contributed by atoms with van der Waals surface area (Å²) in [7, 11) is 0. The summed E-state index contributed by atoms with van der Waals surface area (Å²) in [6.07, 6.45) is 8.10. The smallest absolute Gasteiger partial charge is 0.303 e. The Labute approximate surface area is 167 Å². The van der Waals surface area contributed by atoms with Crippen LogP contribution in [0.25, 0.3) is 0 Å². The van der Waals surface area contributed by atoms with Gasteiger partial charge in [-0.05, 0) is 50.0 Å². The summed E-state index contributed by atoms with van der Waals surface area (Å²) in [6, 6.07) is 6.25. The molecule has 1 saturated carbocycles. The van der Waals surface area contributed by atoms with Gasteiger partial charge >= 0.3 is 5.97 Å². The Balaban J connectivity index is 1.70. The molecule has 2 N–H and O–H groups in total. The van der Waals surface area contributed by atoms with Crippen molar-refractivity contribution in [1.82, 2.24) is 0 Å². The first-order valence-electron chi connectivity index (χ1n) is 10.3. The van der Waals surface area contributed by atoms with Gasteiger partial charge < -0.3 is 14.9 Å². The fraction of sp³-hybridized carbons (Fsp3) is 0.542. The summed E-state index contributed by atoms with van der Waals surface area (Å²) >= 11 is 0. The second-order valence-electron chi connectivity index (χ2n) is 7.99. The topological polar surface area (TPSA) is 66.8 Å². The molecule has 0 spiro atoms. The van der Waals surface area contributed by atoms with Crippen LogP contribution in [-0.4, -0.2) is 28.4 Å². The van der Waals surface area contributed by atoms with Crippen LogP contribution < -0.4 is 4.74 Å². The number of benzene rings is 1. The van der Waals surface area contributed by atoms with Gasteiger partial charge in [-0.1, -0.05) is 37.3 Å². The Morgan fingerprint density at radius 3 is 2.96 bits per heavy atom. The lowest BCUT2D eigenvalue weighted by molar-refractivity contribution is -0.137. The van der Waals surface area contributed by atoms with E-state index in [1.807, 2.05) is 26.0 Å². The van der Waals surface area contributed by atoms with Crippen LogP contribution in [0.4, 0.5) is 0 Å². The Bertz CT molecular complexity index is 786. The fourth-order valence-electron chi connectivity index (χ4n) is 4.39. The maximum absolute atomic E-state index is 10.8. The number of aliphatic hydroxyl groups excluding tert-OH is 1. The van der Waals surface area contributed by atoms with Gasteiger partial charge in [0.1, 0.15) is 11.9 Å². The van der Waals surface area contributed by atoms with E-state index in [1.54, 1.807) is 0 Å². The van der Waals surface area contributed by atoms with E-state index < -0.39 is 12.1 Å². The van der Waals surface area contributed by atoms with Crippen LogP contribution >= 0.6 is 0 Å². The number of rotatable bonds is 8. The van der Waals surface area contributed by atoms with Gasteiger partial charge in [0, 0.05) is 24.3 Å². The minimum atomic E-state index is -0.756. The summed E-state index contributed by atoms with van der Waals surface area (Å²) in [6.45, 7) is 3.84. The van der Waals surface area contributed by atoms with E-state index in [2.05, 4.69) is 30.0 Å². The Hall–Kier alpha value is -2.25. The van der Waals surface area contributed by atoms with Gasteiger partial charge in [-0.3, -0.25) is 4.79 Å². The highest BCUT2D eigenvalue weighted by molar-refractivity contribution is 5.66. The van der Waals surface area contributed by atoms with Gasteiger partial charge in [0.15, 0.2) is 0 Å². The van der Waals surface area contributed by atoms with E-state index >= 15 is 0 Å². The van der Waals surface area contributed by atoms with E-state index in [1.165, 1.54) is 5.56 Å². The Morgan fingerprint density at radius 2 is 2.21 bits per heavy atom. The summed E-state index contributed by atoms with van der Waals surface area (Å²) in [4.78, 5) is 10.8. The number of para-hydroxylation sites is 1. The van der Waals surface area contributed by atoms with Crippen molar-refractivity contribution >= 4 is 5.97 Å². The number of aliphatic carboxylic acids is 1. The number of aryl methyl sites for hydroxylation is 1. The van der Waals surface area contributed by atoms with Crippen LogP contribution in [-0.2, 0) is 11.2 Å². The third kappa shape index (κ3) is 4.59. The molecular formula is C24H30O4. The van der Waals surface area contributed by atoms with E-state index in [4.69, 9.17) is 9.84 Å². The fourth-order valence-corrected chi connectivity index (χ4v) is 4.39. The molecule has 0 saturated heterocycles. The molecule has 0 amide bonds. The molecule has 0 aromatic heterocycles. The monoisotopic (exact) mass is 382 g/mol. The van der Waals surface area contributed by atoms with E-state index in [0.29, 0.717) is 24.7 Å². The van der Waals surface area contributed by atoms with Gasteiger partial charge in [-0.15, -0.1) is 11.8 Å². The van der Waals surface area contributed by atoms with Gasteiger partial charge in [0.2, 0.25) is 0 Å². The van der Waals surface area contributed by atoms with Crippen LogP contribution in [0.3, 0.4) is 0 Å². The summed E-state index contributed by atoms with van der Waals surface area (Å²) < 4.78 is 6.30. The SMILES string of the molecule is CC#CCC(C)C(O)C=CC1CCC2Oc3c(CCCC(=O)O)cccc3C12. The molecule has 3 rings (SSSR count). The molecule has 0 radical (unpaired) electrons. The zero-order chi connectivity index (χ0) is 20.1. The van der Waals surface area contributed by atoms with E-state index in [9.17, 15) is 9.90 Å². The Kier molecular flexibility index (Phi) is 6.80. The second kappa shape index (κ2) is 9.30. The first kappa shape index (κ1) is 20.5. The summed E-state index contributed by atoms with van der Waals surface area (Å²) in [5.74, 6) is 6.93. The standard InChI is InChI=1S/C24H30O4/c1-3-4-7-16(2)20(25)14-12-17-13-15-21-23(17)19-10-5-8-18(24(19)28-21)9-6-11-22(26)27/h5,8,10,12,14,16-17,20-21,23,25H,6-7,9,11,13,15H2,1-2H3,(H,26,27). The number of aliphatic hydroxyl groups is 1. The number of carboxylic acid groups (broad SMARTS) is 1. The average molecular weight is 383 g/mol. The number of hydrogen-bond donors (Lipinski definition) is 2. The predicted octanol–water partition coefficient (Wildman–Crippen LogP) is 4.32. The summed E-state index contributed by atoms with van der Waals surface area (Å²) in [5.41, 5.74) is 2.35. The number of carboxylic acids is 1. The second-order valence-corrected chi connectivity index (χ2v) is 7.99. The molecule has 28 heavy (non-hydrogen) atoms. The molecule has 1 fully saturated rings. The molecule has 1 aromatic rings. The highest BCUT2D eigenvalue weighted by atomic mass is 16.5. The van der Waals surface area contributed by atoms with Crippen LogP contribution in [0.1, 0.15) is 63.0 Å². The average Bonchev–Trinajstić information content (AvgIpc) is 3.24. The van der Waals surface area contributed by atoms with Crippen LogP contribution in [0.2, 0.25) is 0 Å². The van der Waals surface area contributed by atoms with Crippen molar-refractivity contribution in [2.24, 2.45) is 11.8 Å². The van der Waals surface area contributed by atoms with Gasteiger partial charge in [0.25, 0.3) is 0 Å². The lowest BCUT2D eigenvalue weighted by Gasteiger charge is -2.17. The third-order valence-corrected chi connectivity index (χ3v) is 5.98. The molecule has 1 aliphatic carbocycles. The molecule has 1 heterocycles. The Morgan fingerprint density at radius 1 is 1.39 bits per heavy atom. The molecule has 4 heteroatoms. The van der Waals surface area contributed by atoms with Crippen molar-refractivity contribution in [3.63, 3.8) is 0 Å². The van der Waals surface area contributed by atoms with Crippen LogP contribution in [0.5, 0.6) is 5.75 Å². The molecule has 0 bridgehead atoms. The molecule has 5 unspecified atom stereocenters. The number of carbonyl (C=O) groups is 1. The first-order valence-corrected chi connectivity index (χ1v) is 10.3. The molecule has 4 nitrogen and oxygen atoms in total. The first-order chi connectivity index (χ1) is 13.5. The quantitative estimate of drug-likeness (QED) is 0.519. The van der Waals surface area contributed by atoms with Gasteiger partial charge in [0.05, 0.1) is 6.10 Å². The minimum Gasteiger partial charge on any atom is -0.489 e. The van der Waals surface area contributed by atoms with Gasteiger partial charge in [-0.25, -0.2) is 0 Å². The van der Waals surface area contributed by atoms with Crippen molar-refractivity contribution < 1.29 is 19.7 Å². The molecule has 5 atom stereocenters. The van der Waals surface area contributed by atoms with Crippen molar-refractivity contribution in [3.8, 4) is 17.6 Å². The predicted molar refractivity (Wildman–Crippen MR) is 109 cm³/mol. The van der Waals surface area contributed by atoms with Crippen molar-refractivity contribution in [3.05, 3.63) is 41.5 Å². The van der Waals surface area contributed by atoms with Gasteiger partial charge in [-0.2, -0.15) is 0 Å². The molecule has 1 aliphatic heterocycles. The minimum absolute atomic E-state index is 0.119. The van der Waals surface area contributed by atoms with E-state index in [-0.39, 0.29) is 18.4 Å². The maximum atomic E-state index is 10.8. The number of allylic oxidation sites excluding steroid dienone is 1. The number of ether oxygens (including phenoxy) is 1. The van der Waals surface area contributed by atoms with Crippen molar-refractivity contribution in [1.29, 1.82) is 0 Å².